The molecule has 1 aromatic heterocycles. The Labute approximate surface area is 134 Å². The van der Waals surface area contributed by atoms with Gasteiger partial charge in [0.2, 0.25) is 12.4 Å². The van der Waals surface area contributed by atoms with Crippen LogP contribution >= 0.6 is 0 Å². The lowest BCUT2D eigenvalue weighted by Crippen LogP contribution is -2.28. The maximum atomic E-state index is 13.0. The van der Waals surface area contributed by atoms with E-state index in [0.717, 1.165) is 32.7 Å². The quantitative estimate of drug-likeness (QED) is 0.590. The lowest BCUT2D eigenvalue weighted by atomic mass is 9.99. The van der Waals surface area contributed by atoms with E-state index in [4.69, 9.17) is 4.74 Å². The molecule has 1 N–H and O–H groups in total. The summed E-state index contributed by atoms with van der Waals surface area (Å²) < 4.78 is 19.4. The van der Waals surface area contributed by atoms with Gasteiger partial charge in [0, 0.05) is 16.4 Å². The molecule has 0 saturated carbocycles. The largest absolute Gasteiger partial charge is 0.496 e. The molecule has 0 aliphatic heterocycles. The van der Waals surface area contributed by atoms with Crippen molar-refractivity contribution >= 4 is 0 Å². The molecule has 0 fully saturated rings. The number of hydrogen-bond acceptors (Lipinski definition) is 2. The summed E-state index contributed by atoms with van der Waals surface area (Å²) in [5, 5.41) is 9.61. The van der Waals surface area contributed by atoms with Crippen LogP contribution in [0.3, 0.4) is 0 Å². The standard InChI is InChI=1S/C19H17FNO2/c1-23-19-9-6-15(11-14-4-7-17(20)8-5-14)12-18(19)16-3-2-10-21(22)13-16/h2-10,12-13,22H,11H2,1H3/q+1. The molecule has 116 valence electrons. The first-order valence-corrected chi connectivity index (χ1v) is 7.28. The predicted octanol–water partition coefficient (Wildman–Crippen LogP) is 3.62. The van der Waals surface area contributed by atoms with Gasteiger partial charge in [0.25, 0.3) is 0 Å². The summed E-state index contributed by atoms with van der Waals surface area (Å²) in [6.07, 6.45) is 3.88. The van der Waals surface area contributed by atoms with Crippen molar-refractivity contribution in [3.05, 3.63) is 83.9 Å². The van der Waals surface area contributed by atoms with Crippen LogP contribution in [-0.4, -0.2) is 12.3 Å². The van der Waals surface area contributed by atoms with Gasteiger partial charge >= 0.3 is 0 Å². The molecule has 0 amide bonds. The number of pyridine rings is 1. The Bertz CT molecular complexity index is 816. The van der Waals surface area contributed by atoms with Crippen molar-refractivity contribution in [2.75, 3.05) is 7.11 Å². The van der Waals surface area contributed by atoms with E-state index in [-0.39, 0.29) is 5.82 Å². The highest BCUT2D eigenvalue weighted by molar-refractivity contribution is 5.70. The Morgan fingerprint density at radius 2 is 1.78 bits per heavy atom. The smallest absolute Gasteiger partial charge is 0.230 e. The maximum Gasteiger partial charge on any atom is 0.230 e. The monoisotopic (exact) mass is 310 g/mol. The van der Waals surface area contributed by atoms with Crippen molar-refractivity contribution in [2.24, 2.45) is 0 Å². The molecule has 2 aromatic carbocycles. The van der Waals surface area contributed by atoms with Crippen LogP contribution in [0.1, 0.15) is 11.1 Å². The topological polar surface area (TPSA) is 33.3 Å². The number of methoxy groups -OCH3 is 1. The van der Waals surface area contributed by atoms with E-state index in [2.05, 4.69) is 0 Å². The van der Waals surface area contributed by atoms with E-state index >= 15 is 0 Å². The third kappa shape index (κ3) is 3.48. The molecule has 3 nitrogen and oxygen atoms in total. The van der Waals surface area contributed by atoms with E-state index in [1.54, 1.807) is 37.7 Å². The second-order valence-electron chi connectivity index (χ2n) is 5.31. The summed E-state index contributed by atoms with van der Waals surface area (Å²) in [5.41, 5.74) is 3.87. The van der Waals surface area contributed by atoms with Gasteiger partial charge in [-0.3, -0.25) is 5.21 Å². The van der Waals surface area contributed by atoms with E-state index in [0.29, 0.717) is 6.42 Å². The minimum atomic E-state index is -0.235. The minimum Gasteiger partial charge on any atom is -0.496 e. The first-order valence-electron chi connectivity index (χ1n) is 7.28. The second-order valence-corrected chi connectivity index (χ2v) is 5.31. The van der Waals surface area contributed by atoms with Crippen LogP contribution < -0.4 is 9.47 Å². The number of hydrogen-bond donors (Lipinski definition) is 1. The van der Waals surface area contributed by atoms with E-state index in [1.165, 1.54) is 12.1 Å². The summed E-state index contributed by atoms with van der Waals surface area (Å²) >= 11 is 0. The first-order chi connectivity index (χ1) is 11.2. The molecule has 0 bridgehead atoms. The van der Waals surface area contributed by atoms with Gasteiger partial charge in [-0.25, -0.2) is 4.39 Å². The molecule has 23 heavy (non-hydrogen) atoms. The van der Waals surface area contributed by atoms with E-state index in [1.807, 2.05) is 24.3 Å². The van der Waals surface area contributed by atoms with Gasteiger partial charge in [-0.05, 0) is 47.9 Å². The molecule has 0 radical (unpaired) electrons. The summed E-state index contributed by atoms with van der Waals surface area (Å²) in [5.74, 6) is 0.500. The zero-order valence-corrected chi connectivity index (χ0v) is 12.7. The SMILES string of the molecule is COc1ccc(Cc2ccc(F)cc2)cc1-c1ccc[n+](O)c1. The fraction of sp³-hybridized carbons (Fsp3) is 0.105. The Morgan fingerprint density at radius 3 is 2.48 bits per heavy atom. The lowest BCUT2D eigenvalue weighted by Gasteiger charge is -2.10. The highest BCUT2D eigenvalue weighted by Gasteiger charge is 2.11. The molecule has 0 unspecified atom stereocenters. The van der Waals surface area contributed by atoms with Crippen molar-refractivity contribution in [1.29, 1.82) is 0 Å². The number of aromatic nitrogens is 1. The summed E-state index contributed by atoms with van der Waals surface area (Å²) in [6, 6.07) is 16.1. The van der Waals surface area contributed by atoms with Gasteiger partial charge in [-0.15, -0.1) is 0 Å². The van der Waals surface area contributed by atoms with Gasteiger partial charge in [0.05, 0.1) is 12.7 Å². The van der Waals surface area contributed by atoms with Crippen molar-refractivity contribution in [1.82, 2.24) is 0 Å². The molecule has 0 aliphatic carbocycles. The maximum absolute atomic E-state index is 13.0. The number of halogens is 1. The van der Waals surface area contributed by atoms with Crippen LogP contribution in [0.15, 0.2) is 67.0 Å². The normalized spacial score (nSPS) is 10.5. The highest BCUT2D eigenvalue weighted by Crippen LogP contribution is 2.30. The second kappa shape index (κ2) is 6.48. The van der Waals surface area contributed by atoms with Gasteiger partial charge in [0.1, 0.15) is 11.6 Å². The van der Waals surface area contributed by atoms with Crippen LogP contribution in [0.25, 0.3) is 11.1 Å². The molecule has 1 heterocycles. The molecule has 3 aromatic rings. The fourth-order valence-electron chi connectivity index (χ4n) is 2.55. The van der Waals surface area contributed by atoms with Crippen molar-refractivity contribution < 1.29 is 19.1 Å². The van der Waals surface area contributed by atoms with E-state index < -0.39 is 0 Å². The number of nitrogens with zero attached hydrogens (tertiary/aromatic N) is 1. The van der Waals surface area contributed by atoms with Gasteiger partial charge in [0.15, 0.2) is 0 Å². The number of benzene rings is 2. The first kappa shape index (κ1) is 15.0. The van der Waals surface area contributed by atoms with Crippen molar-refractivity contribution in [3.63, 3.8) is 0 Å². The average molecular weight is 310 g/mol. The zero-order chi connectivity index (χ0) is 16.2. The summed E-state index contributed by atoms with van der Waals surface area (Å²) in [7, 11) is 1.62. The van der Waals surface area contributed by atoms with E-state index in [9.17, 15) is 9.60 Å². The van der Waals surface area contributed by atoms with Crippen LogP contribution in [0.2, 0.25) is 0 Å². The third-order valence-electron chi connectivity index (χ3n) is 3.68. The van der Waals surface area contributed by atoms with Crippen LogP contribution in [-0.2, 0) is 6.42 Å². The molecule has 0 saturated heterocycles. The summed E-state index contributed by atoms with van der Waals surface area (Å²) in [4.78, 5) is 0. The Hall–Kier alpha value is -2.88. The Kier molecular flexibility index (Phi) is 4.24. The molecule has 0 aliphatic rings. The number of ether oxygens (including phenoxy) is 1. The molecular formula is C19H17FNO2+. The molecule has 0 atom stereocenters. The Morgan fingerprint density at radius 1 is 1.04 bits per heavy atom. The third-order valence-corrected chi connectivity index (χ3v) is 3.68. The van der Waals surface area contributed by atoms with Crippen LogP contribution in [0, 0.1) is 5.82 Å². The Balaban J connectivity index is 1.97. The lowest BCUT2D eigenvalue weighted by molar-refractivity contribution is -0.904. The van der Waals surface area contributed by atoms with Crippen molar-refractivity contribution in [2.45, 2.75) is 6.42 Å². The predicted molar refractivity (Wildman–Crippen MR) is 85.0 cm³/mol. The molecule has 0 spiro atoms. The van der Waals surface area contributed by atoms with Gasteiger partial charge in [-0.2, -0.15) is 0 Å². The van der Waals surface area contributed by atoms with Crippen molar-refractivity contribution in [3.8, 4) is 16.9 Å². The van der Waals surface area contributed by atoms with Crippen LogP contribution in [0.5, 0.6) is 5.75 Å². The zero-order valence-electron chi connectivity index (χ0n) is 12.7. The van der Waals surface area contributed by atoms with Gasteiger partial charge in [-0.1, -0.05) is 18.2 Å². The highest BCUT2D eigenvalue weighted by atomic mass is 19.1. The fourth-order valence-corrected chi connectivity index (χ4v) is 2.55. The summed E-state index contributed by atoms with van der Waals surface area (Å²) in [6.45, 7) is 0. The average Bonchev–Trinajstić information content (AvgIpc) is 2.57. The van der Waals surface area contributed by atoms with Gasteiger partial charge < -0.3 is 4.74 Å². The minimum absolute atomic E-state index is 0.235. The van der Waals surface area contributed by atoms with Crippen LogP contribution in [0.4, 0.5) is 4.39 Å². The molecule has 4 heteroatoms. The molecule has 3 rings (SSSR count). The number of rotatable bonds is 4. The molecular weight excluding hydrogens is 293 g/mol.